The highest BCUT2D eigenvalue weighted by Crippen LogP contribution is 2.41. The number of anilines is 1. The Morgan fingerprint density at radius 2 is 1.91 bits per heavy atom. The summed E-state index contributed by atoms with van der Waals surface area (Å²) in [6.45, 7) is 3.36. The summed E-state index contributed by atoms with van der Waals surface area (Å²) in [5.74, 6) is 1.39. The van der Waals surface area contributed by atoms with E-state index in [1.807, 2.05) is 23.7 Å². The van der Waals surface area contributed by atoms with Crippen molar-refractivity contribution in [3.05, 3.63) is 54.1 Å². The van der Waals surface area contributed by atoms with Crippen molar-refractivity contribution < 1.29 is 9.13 Å². The van der Waals surface area contributed by atoms with E-state index in [0.717, 1.165) is 68.1 Å². The van der Waals surface area contributed by atoms with Crippen molar-refractivity contribution in [2.24, 2.45) is 7.05 Å². The molecule has 0 saturated carbocycles. The fraction of sp³-hybridized carbons (Fsp3) is 0.440. The molecule has 0 aliphatic carbocycles. The Morgan fingerprint density at radius 3 is 2.53 bits per heavy atom. The van der Waals surface area contributed by atoms with Crippen molar-refractivity contribution in [3.8, 4) is 22.9 Å². The number of aryl methyl sites for hydroxylation is 1. The van der Waals surface area contributed by atoms with Gasteiger partial charge in [-0.25, -0.2) is 4.98 Å². The number of benzene rings is 1. The smallest absolute Gasteiger partial charge is 0.212 e. The number of hydrogen-bond donors (Lipinski definition) is 0. The van der Waals surface area contributed by atoms with Gasteiger partial charge in [0, 0.05) is 56.5 Å². The van der Waals surface area contributed by atoms with Crippen LogP contribution < -0.4 is 9.64 Å². The van der Waals surface area contributed by atoms with Crippen LogP contribution in [0.2, 0.25) is 0 Å². The number of rotatable bonds is 5. The molecule has 1 atom stereocenters. The second-order valence-corrected chi connectivity index (χ2v) is 9.17. The van der Waals surface area contributed by atoms with E-state index >= 15 is 0 Å². The zero-order valence-electron chi connectivity index (χ0n) is 19.5. The summed E-state index contributed by atoms with van der Waals surface area (Å²) in [4.78, 5) is 8.32. The molecule has 2 saturated heterocycles. The zero-order valence-corrected chi connectivity index (χ0v) is 19.5. The standard InChI is InChI=1S/C25H28FN7O/c1-31-10-9-19(15-31)34-22-5-4-20(18-3-6-23(26)28-14-18)24(21(22)13-27)33-11-7-17(8-12-33)25-30-29-16-32(25)2/h3-6,14,16-17,19H,7-12,15H2,1-2H3. The molecule has 9 heteroatoms. The highest BCUT2D eigenvalue weighted by molar-refractivity contribution is 5.85. The van der Waals surface area contributed by atoms with Crippen molar-refractivity contribution in [3.63, 3.8) is 0 Å². The second-order valence-electron chi connectivity index (χ2n) is 9.17. The summed E-state index contributed by atoms with van der Waals surface area (Å²) in [6.07, 6.45) is 6.05. The minimum Gasteiger partial charge on any atom is -0.488 e. The van der Waals surface area contributed by atoms with E-state index in [4.69, 9.17) is 4.74 Å². The Labute approximate surface area is 198 Å². The quantitative estimate of drug-likeness (QED) is 0.539. The number of nitriles is 1. The van der Waals surface area contributed by atoms with Gasteiger partial charge in [-0.1, -0.05) is 0 Å². The molecular formula is C25H28FN7O. The van der Waals surface area contributed by atoms with E-state index < -0.39 is 5.95 Å². The topological polar surface area (TPSA) is 83.1 Å². The van der Waals surface area contributed by atoms with Gasteiger partial charge in [0.2, 0.25) is 5.95 Å². The van der Waals surface area contributed by atoms with E-state index in [1.54, 1.807) is 12.4 Å². The first kappa shape index (κ1) is 22.3. The molecule has 2 aliphatic heterocycles. The van der Waals surface area contributed by atoms with Gasteiger partial charge in [-0.15, -0.1) is 10.2 Å². The molecule has 176 valence electrons. The van der Waals surface area contributed by atoms with Gasteiger partial charge in [-0.2, -0.15) is 9.65 Å². The van der Waals surface area contributed by atoms with Crippen molar-refractivity contribution in [1.29, 1.82) is 5.26 Å². The number of piperidine rings is 1. The molecule has 2 aliphatic rings. The Hall–Kier alpha value is -3.51. The van der Waals surface area contributed by atoms with Crippen molar-refractivity contribution in [2.45, 2.75) is 31.3 Å². The van der Waals surface area contributed by atoms with E-state index in [2.05, 4.69) is 38.1 Å². The lowest BCUT2D eigenvalue weighted by molar-refractivity contribution is 0.207. The average Bonchev–Trinajstić information content (AvgIpc) is 3.47. The molecule has 5 rings (SSSR count). The number of hydrogen-bond acceptors (Lipinski definition) is 7. The maximum Gasteiger partial charge on any atom is 0.212 e. The number of aromatic nitrogens is 4. The van der Waals surface area contributed by atoms with Crippen LogP contribution in [0, 0.1) is 17.3 Å². The summed E-state index contributed by atoms with van der Waals surface area (Å²) in [7, 11) is 4.04. The Balaban J connectivity index is 1.50. The first-order valence-electron chi connectivity index (χ1n) is 11.7. The minimum absolute atomic E-state index is 0.0601. The first-order chi connectivity index (χ1) is 16.5. The van der Waals surface area contributed by atoms with E-state index in [9.17, 15) is 9.65 Å². The lowest BCUT2D eigenvalue weighted by atomic mass is 9.93. The van der Waals surface area contributed by atoms with Crippen molar-refractivity contribution in [1.82, 2.24) is 24.6 Å². The highest BCUT2D eigenvalue weighted by Gasteiger charge is 2.29. The van der Waals surface area contributed by atoms with Crippen LogP contribution in [-0.4, -0.2) is 64.0 Å². The number of likely N-dealkylation sites (N-methyl/N-ethyl adjacent to an activating group) is 1. The van der Waals surface area contributed by atoms with Gasteiger partial charge < -0.3 is 19.1 Å². The minimum atomic E-state index is -0.527. The fourth-order valence-corrected chi connectivity index (χ4v) is 5.07. The van der Waals surface area contributed by atoms with E-state index in [-0.39, 0.29) is 6.10 Å². The summed E-state index contributed by atoms with van der Waals surface area (Å²) in [5.41, 5.74) is 2.98. The SMILES string of the molecule is CN1CCC(Oc2ccc(-c3ccc(F)nc3)c(N3CCC(c4nncn4C)CC3)c2C#N)C1. The van der Waals surface area contributed by atoms with Crippen molar-refractivity contribution in [2.75, 3.05) is 38.1 Å². The number of likely N-dealkylation sites (tertiary alicyclic amines) is 1. The zero-order chi connectivity index (χ0) is 23.7. The van der Waals surface area contributed by atoms with Gasteiger partial charge in [0.1, 0.15) is 35.6 Å². The maximum absolute atomic E-state index is 13.5. The summed E-state index contributed by atoms with van der Waals surface area (Å²) in [5, 5.41) is 18.6. The fourth-order valence-electron chi connectivity index (χ4n) is 5.07. The van der Waals surface area contributed by atoms with Gasteiger partial charge >= 0.3 is 0 Å². The molecule has 4 heterocycles. The average molecular weight is 462 g/mol. The van der Waals surface area contributed by atoms with Crippen LogP contribution in [-0.2, 0) is 7.05 Å². The monoisotopic (exact) mass is 461 g/mol. The van der Waals surface area contributed by atoms with Gasteiger partial charge in [0.25, 0.3) is 0 Å². The maximum atomic E-state index is 13.5. The van der Waals surface area contributed by atoms with Crippen LogP contribution in [0.4, 0.5) is 10.1 Å². The van der Waals surface area contributed by atoms with Gasteiger partial charge in [0.15, 0.2) is 0 Å². The molecule has 0 spiro atoms. The third kappa shape index (κ3) is 4.33. The summed E-state index contributed by atoms with van der Waals surface area (Å²) >= 11 is 0. The van der Waals surface area contributed by atoms with E-state index in [1.165, 1.54) is 12.3 Å². The second kappa shape index (κ2) is 9.39. The molecule has 1 aromatic carbocycles. The Morgan fingerprint density at radius 1 is 1.09 bits per heavy atom. The molecule has 2 aromatic heterocycles. The van der Waals surface area contributed by atoms with Crippen LogP contribution in [0.3, 0.4) is 0 Å². The molecule has 8 nitrogen and oxygen atoms in total. The third-order valence-corrected chi connectivity index (χ3v) is 6.85. The van der Waals surface area contributed by atoms with Gasteiger partial charge in [-0.05, 0) is 50.6 Å². The molecule has 0 radical (unpaired) electrons. The number of pyridine rings is 1. The highest BCUT2D eigenvalue weighted by atomic mass is 19.1. The third-order valence-electron chi connectivity index (χ3n) is 6.85. The lowest BCUT2D eigenvalue weighted by Gasteiger charge is -2.35. The van der Waals surface area contributed by atoms with Crippen LogP contribution in [0.1, 0.15) is 36.6 Å². The van der Waals surface area contributed by atoms with Crippen LogP contribution in [0.25, 0.3) is 11.1 Å². The molecular weight excluding hydrogens is 433 g/mol. The summed E-state index contributed by atoms with van der Waals surface area (Å²) in [6, 6.07) is 9.31. The molecule has 0 bridgehead atoms. The van der Waals surface area contributed by atoms with Crippen LogP contribution >= 0.6 is 0 Å². The molecule has 0 amide bonds. The number of nitrogens with zero attached hydrogens (tertiary/aromatic N) is 7. The normalized spacial score (nSPS) is 19.4. The summed E-state index contributed by atoms with van der Waals surface area (Å²) < 4.78 is 21.8. The Kier molecular flexibility index (Phi) is 6.16. The molecule has 3 aromatic rings. The molecule has 0 N–H and O–H groups in total. The van der Waals surface area contributed by atoms with Crippen molar-refractivity contribution >= 4 is 5.69 Å². The molecule has 2 fully saturated rings. The molecule has 34 heavy (non-hydrogen) atoms. The predicted octanol–water partition coefficient (Wildman–Crippen LogP) is 3.35. The predicted molar refractivity (Wildman–Crippen MR) is 126 cm³/mol. The Bertz CT molecular complexity index is 1190. The largest absolute Gasteiger partial charge is 0.488 e. The number of halogens is 1. The first-order valence-corrected chi connectivity index (χ1v) is 11.7. The number of ether oxygens (including phenoxy) is 1. The lowest BCUT2D eigenvalue weighted by Crippen LogP contribution is -2.34. The van der Waals surface area contributed by atoms with Crippen LogP contribution in [0.5, 0.6) is 5.75 Å². The van der Waals surface area contributed by atoms with Crippen LogP contribution in [0.15, 0.2) is 36.8 Å². The van der Waals surface area contributed by atoms with Gasteiger partial charge in [0.05, 0.1) is 5.69 Å². The van der Waals surface area contributed by atoms with Gasteiger partial charge in [-0.3, -0.25) is 0 Å². The van der Waals surface area contributed by atoms with E-state index in [0.29, 0.717) is 17.2 Å². The molecule has 1 unspecified atom stereocenters.